The van der Waals surface area contributed by atoms with Crippen LogP contribution < -0.4 is 14.2 Å². The summed E-state index contributed by atoms with van der Waals surface area (Å²) in [4.78, 5) is 15.3. The Balaban J connectivity index is 1.35. The van der Waals surface area contributed by atoms with Crippen molar-refractivity contribution < 1.29 is 19.0 Å². The molecule has 2 aromatic carbocycles. The lowest BCUT2D eigenvalue weighted by Gasteiger charge is -2.39. The van der Waals surface area contributed by atoms with E-state index in [9.17, 15) is 4.79 Å². The fourth-order valence-electron chi connectivity index (χ4n) is 4.84. The standard InChI is InChI=1S/C22H23NO4/c1-25-19-7-2-14(3-8-19)16-10-17-5-6-18(11-16)23(17)22(24)15-4-9-20-21(12-15)27-13-26-20/h2-4,7-9,12,16-18H,5-6,10-11,13H2,1H3/t16?,17-,18+. The van der Waals surface area contributed by atoms with Gasteiger partial charge in [-0.25, -0.2) is 0 Å². The van der Waals surface area contributed by atoms with Gasteiger partial charge in [0.2, 0.25) is 6.79 Å². The Morgan fingerprint density at radius 2 is 1.70 bits per heavy atom. The van der Waals surface area contributed by atoms with Crippen LogP contribution in [0.3, 0.4) is 0 Å². The zero-order valence-electron chi connectivity index (χ0n) is 15.4. The summed E-state index contributed by atoms with van der Waals surface area (Å²) >= 11 is 0. The number of hydrogen-bond donors (Lipinski definition) is 0. The summed E-state index contributed by atoms with van der Waals surface area (Å²) < 4.78 is 16.1. The van der Waals surface area contributed by atoms with E-state index in [1.807, 2.05) is 30.3 Å². The lowest BCUT2D eigenvalue weighted by atomic mass is 9.84. The highest BCUT2D eigenvalue weighted by Gasteiger charge is 2.43. The van der Waals surface area contributed by atoms with Crippen molar-refractivity contribution in [2.45, 2.75) is 43.7 Å². The van der Waals surface area contributed by atoms with Gasteiger partial charge in [0.1, 0.15) is 5.75 Å². The molecule has 3 atom stereocenters. The highest BCUT2D eigenvalue weighted by molar-refractivity contribution is 5.95. The molecule has 2 fully saturated rings. The van der Waals surface area contributed by atoms with Gasteiger partial charge in [0.15, 0.2) is 11.5 Å². The van der Waals surface area contributed by atoms with Crippen LogP contribution in [0.2, 0.25) is 0 Å². The minimum atomic E-state index is 0.119. The Kier molecular flexibility index (Phi) is 3.96. The molecule has 0 saturated carbocycles. The number of carbonyl (C=O) groups excluding carboxylic acids is 1. The number of fused-ring (bicyclic) bond motifs is 3. The second kappa shape index (κ2) is 6.48. The van der Waals surface area contributed by atoms with Crippen molar-refractivity contribution in [2.75, 3.05) is 13.9 Å². The van der Waals surface area contributed by atoms with Crippen molar-refractivity contribution in [3.05, 3.63) is 53.6 Å². The van der Waals surface area contributed by atoms with Crippen LogP contribution in [0.5, 0.6) is 17.2 Å². The Morgan fingerprint density at radius 3 is 2.41 bits per heavy atom. The SMILES string of the molecule is COc1ccc(C2C[C@H]3CC[C@@H](C2)N3C(=O)c2ccc3c(c2)OCO3)cc1. The molecule has 140 valence electrons. The molecule has 0 radical (unpaired) electrons. The molecule has 5 heteroatoms. The first-order chi connectivity index (χ1) is 13.2. The molecular formula is C22H23NO4. The number of hydrogen-bond acceptors (Lipinski definition) is 4. The monoisotopic (exact) mass is 365 g/mol. The molecule has 5 rings (SSSR count). The van der Waals surface area contributed by atoms with Crippen molar-refractivity contribution in [1.29, 1.82) is 0 Å². The lowest BCUT2D eigenvalue weighted by molar-refractivity contribution is 0.0571. The first kappa shape index (κ1) is 16.5. The van der Waals surface area contributed by atoms with Crippen LogP contribution in [-0.2, 0) is 0 Å². The number of carbonyl (C=O) groups is 1. The van der Waals surface area contributed by atoms with Crippen LogP contribution in [0.25, 0.3) is 0 Å². The van der Waals surface area contributed by atoms with Gasteiger partial charge in [0.05, 0.1) is 7.11 Å². The number of ether oxygens (including phenoxy) is 3. The van der Waals surface area contributed by atoms with E-state index >= 15 is 0 Å². The normalized spacial score (nSPS) is 25.5. The highest BCUT2D eigenvalue weighted by Crippen LogP contribution is 2.44. The molecule has 2 saturated heterocycles. The molecule has 0 aliphatic carbocycles. The number of amides is 1. The second-order valence-electron chi connectivity index (χ2n) is 7.61. The summed E-state index contributed by atoms with van der Waals surface area (Å²) in [6, 6.07) is 14.5. The van der Waals surface area contributed by atoms with Gasteiger partial charge in [-0.1, -0.05) is 12.1 Å². The number of rotatable bonds is 3. The van der Waals surface area contributed by atoms with Gasteiger partial charge in [-0.15, -0.1) is 0 Å². The maximum absolute atomic E-state index is 13.2. The van der Waals surface area contributed by atoms with Crippen LogP contribution in [0.1, 0.15) is 47.5 Å². The molecule has 1 unspecified atom stereocenters. The van der Waals surface area contributed by atoms with Crippen LogP contribution in [-0.4, -0.2) is 36.8 Å². The molecule has 5 nitrogen and oxygen atoms in total. The number of methoxy groups -OCH3 is 1. The first-order valence-electron chi connectivity index (χ1n) is 9.59. The molecule has 2 bridgehead atoms. The Labute approximate surface area is 158 Å². The summed E-state index contributed by atoms with van der Waals surface area (Å²) in [7, 11) is 1.69. The maximum Gasteiger partial charge on any atom is 0.254 e. The fourth-order valence-corrected chi connectivity index (χ4v) is 4.84. The maximum atomic E-state index is 13.2. The van der Waals surface area contributed by atoms with Gasteiger partial charge in [-0.3, -0.25) is 4.79 Å². The van der Waals surface area contributed by atoms with E-state index in [0.717, 1.165) is 31.4 Å². The summed E-state index contributed by atoms with van der Waals surface area (Å²) in [6.45, 7) is 0.228. The smallest absolute Gasteiger partial charge is 0.254 e. The third kappa shape index (κ3) is 2.82. The van der Waals surface area contributed by atoms with Gasteiger partial charge in [-0.05, 0) is 67.5 Å². The average molecular weight is 365 g/mol. The summed E-state index contributed by atoms with van der Waals surface area (Å²) in [6.07, 6.45) is 4.24. The van der Waals surface area contributed by atoms with E-state index in [0.29, 0.717) is 35.1 Å². The van der Waals surface area contributed by atoms with E-state index in [1.165, 1.54) is 5.56 Å². The largest absolute Gasteiger partial charge is 0.497 e. The van der Waals surface area contributed by atoms with Crippen LogP contribution in [0.4, 0.5) is 0 Å². The van der Waals surface area contributed by atoms with Crippen molar-refractivity contribution >= 4 is 5.91 Å². The topological polar surface area (TPSA) is 48.0 Å². The Morgan fingerprint density at radius 1 is 1.00 bits per heavy atom. The fraction of sp³-hybridized carbons (Fsp3) is 0.409. The molecule has 3 aliphatic rings. The Bertz CT molecular complexity index is 849. The highest BCUT2D eigenvalue weighted by atomic mass is 16.7. The third-order valence-corrected chi connectivity index (χ3v) is 6.17. The second-order valence-corrected chi connectivity index (χ2v) is 7.61. The first-order valence-corrected chi connectivity index (χ1v) is 9.59. The van der Waals surface area contributed by atoms with Crippen molar-refractivity contribution in [3.63, 3.8) is 0 Å². The van der Waals surface area contributed by atoms with E-state index in [1.54, 1.807) is 7.11 Å². The van der Waals surface area contributed by atoms with Gasteiger partial charge >= 0.3 is 0 Å². The van der Waals surface area contributed by atoms with Crippen LogP contribution >= 0.6 is 0 Å². The van der Waals surface area contributed by atoms with E-state index < -0.39 is 0 Å². The zero-order valence-corrected chi connectivity index (χ0v) is 15.4. The van der Waals surface area contributed by atoms with Crippen molar-refractivity contribution in [1.82, 2.24) is 4.90 Å². The quantitative estimate of drug-likeness (QED) is 0.826. The number of benzene rings is 2. The molecular weight excluding hydrogens is 342 g/mol. The van der Waals surface area contributed by atoms with Crippen molar-refractivity contribution in [3.8, 4) is 17.2 Å². The molecule has 3 aliphatic heterocycles. The zero-order chi connectivity index (χ0) is 18.4. The summed E-state index contributed by atoms with van der Waals surface area (Å²) in [5.41, 5.74) is 2.04. The van der Waals surface area contributed by atoms with E-state index in [4.69, 9.17) is 14.2 Å². The summed E-state index contributed by atoms with van der Waals surface area (Å²) in [5.74, 6) is 2.90. The van der Waals surface area contributed by atoms with Gasteiger partial charge < -0.3 is 19.1 Å². The van der Waals surface area contributed by atoms with Gasteiger partial charge in [0.25, 0.3) is 5.91 Å². The predicted molar refractivity (Wildman–Crippen MR) is 101 cm³/mol. The molecule has 3 heterocycles. The minimum Gasteiger partial charge on any atom is -0.497 e. The van der Waals surface area contributed by atoms with Gasteiger partial charge in [-0.2, -0.15) is 0 Å². The van der Waals surface area contributed by atoms with Gasteiger partial charge in [0, 0.05) is 17.6 Å². The molecule has 0 aromatic heterocycles. The van der Waals surface area contributed by atoms with Crippen LogP contribution in [0.15, 0.2) is 42.5 Å². The molecule has 0 spiro atoms. The lowest BCUT2D eigenvalue weighted by Crippen LogP contribution is -2.46. The third-order valence-electron chi connectivity index (χ3n) is 6.17. The molecule has 1 amide bonds. The van der Waals surface area contributed by atoms with E-state index in [2.05, 4.69) is 17.0 Å². The molecule has 0 N–H and O–H groups in total. The Hall–Kier alpha value is -2.69. The predicted octanol–water partition coefficient (Wildman–Crippen LogP) is 3.97. The number of piperidine rings is 1. The molecule has 2 aromatic rings. The van der Waals surface area contributed by atoms with Crippen LogP contribution in [0, 0.1) is 0 Å². The van der Waals surface area contributed by atoms with Crippen molar-refractivity contribution in [2.24, 2.45) is 0 Å². The van der Waals surface area contributed by atoms with E-state index in [-0.39, 0.29) is 12.7 Å². The minimum absolute atomic E-state index is 0.119. The molecule has 27 heavy (non-hydrogen) atoms. The average Bonchev–Trinajstić information content (AvgIpc) is 3.28. The number of nitrogens with zero attached hydrogens (tertiary/aromatic N) is 1. The summed E-state index contributed by atoms with van der Waals surface area (Å²) in [5, 5.41) is 0.